The maximum Gasteiger partial charge on any atom is 0.0441 e. The zero-order valence-electron chi connectivity index (χ0n) is 12.0. The fourth-order valence-corrected chi connectivity index (χ4v) is 2.87. The molecule has 0 atom stereocenters. The largest absolute Gasteiger partial charge is 0.303 e. The van der Waals surface area contributed by atoms with Crippen molar-refractivity contribution in [2.75, 3.05) is 0 Å². The van der Waals surface area contributed by atoms with Gasteiger partial charge in [0.25, 0.3) is 0 Å². The fourth-order valence-electron chi connectivity index (χ4n) is 2.87. The molecule has 1 nitrogen and oxygen atoms in total. The lowest BCUT2D eigenvalue weighted by atomic mass is 9.96. The van der Waals surface area contributed by atoms with Gasteiger partial charge in [-0.05, 0) is 36.5 Å². The van der Waals surface area contributed by atoms with Gasteiger partial charge in [-0.2, -0.15) is 0 Å². The zero-order valence-corrected chi connectivity index (χ0v) is 12.0. The first kappa shape index (κ1) is 13.1. The summed E-state index contributed by atoms with van der Waals surface area (Å²) in [5.74, 6) is 0. The van der Waals surface area contributed by atoms with E-state index >= 15 is 0 Å². The molecule has 2 aromatic rings. The van der Waals surface area contributed by atoms with E-state index in [1.807, 2.05) is 0 Å². The third kappa shape index (κ3) is 2.68. The molecule has 1 saturated carbocycles. The van der Waals surface area contributed by atoms with E-state index in [0.29, 0.717) is 0 Å². The molecule has 1 fully saturated rings. The molecule has 0 heterocycles. The van der Waals surface area contributed by atoms with Gasteiger partial charge in [-0.25, -0.2) is 0 Å². The lowest BCUT2D eigenvalue weighted by Gasteiger charge is -2.22. The van der Waals surface area contributed by atoms with Gasteiger partial charge in [0.1, 0.15) is 0 Å². The van der Waals surface area contributed by atoms with Crippen molar-refractivity contribution in [3.8, 4) is 0 Å². The highest BCUT2D eigenvalue weighted by atomic mass is 15.0. The smallest absolute Gasteiger partial charge is 0.0441 e. The molecule has 102 valence electrons. The Kier molecular flexibility index (Phi) is 3.70. The van der Waals surface area contributed by atoms with Gasteiger partial charge in [-0.15, -0.1) is 0 Å². The van der Waals surface area contributed by atoms with Crippen LogP contribution in [0.1, 0.15) is 30.9 Å². The molecule has 0 unspecified atom stereocenters. The number of hydrogen-bond acceptors (Lipinski definition) is 1. The molecule has 0 bridgehead atoms. The Balaban J connectivity index is 1.75. The Hall–Kier alpha value is -1.86. The van der Waals surface area contributed by atoms with Crippen LogP contribution >= 0.6 is 0 Å². The van der Waals surface area contributed by atoms with Gasteiger partial charge >= 0.3 is 0 Å². The van der Waals surface area contributed by atoms with Crippen LogP contribution in [0.15, 0.2) is 66.7 Å². The van der Waals surface area contributed by atoms with Gasteiger partial charge in [0.2, 0.25) is 0 Å². The van der Waals surface area contributed by atoms with E-state index in [4.69, 9.17) is 0 Å². The van der Waals surface area contributed by atoms with Crippen LogP contribution in [0.5, 0.6) is 0 Å². The average Bonchev–Trinajstić information content (AvgIpc) is 3.29. The van der Waals surface area contributed by atoms with Crippen LogP contribution in [0.25, 0.3) is 5.57 Å². The minimum Gasteiger partial charge on any atom is -0.303 e. The van der Waals surface area contributed by atoms with Crippen molar-refractivity contribution >= 4 is 5.57 Å². The molecule has 0 aliphatic heterocycles. The SMILES string of the molecule is C/C=C(\c1ccccc1)C1(NCc2ccccc2)CC1. The van der Waals surface area contributed by atoms with Crippen molar-refractivity contribution in [3.05, 3.63) is 77.9 Å². The molecule has 20 heavy (non-hydrogen) atoms. The molecule has 1 aliphatic carbocycles. The third-order valence-electron chi connectivity index (χ3n) is 4.11. The molecule has 0 radical (unpaired) electrons. The van der Waals surface area contributed by atoms with Gasteiger partial charge in [0, 0.05) is 12.1 Å². The van der Waals surface area contributed by atoms with Crippen LogP contribution in [-0.2, 0) is 6.54 Å². The fraction of sp³-hybridized carbons (Fsp3) is 0.263. The third-order valence-corrected chi connectivity index (χ3v) is 4.11. The highest BCUT2D eigenvalue weighted by molar-refractivity contribution is 5.75. The van der Waals surface area contributed by atoms with Crippen LogP contribution in [0.3, 0.4) is 0 Å². The van der Waals surface area contributed by atoms with E-state index < -0.39 is 0 Å². The number of nitrogens with one attached hydrogen (secondary N) is 1. The maximum atomic E-state index is 3.77. The second-order valence-electron chi connectivity index (χ2n) is 5.49. The summed E-state index contributed by atoms with van der Waals surface area (Å²) in [6.07, 6.45) is 4.73. The van der Waals surface area contributed by atoms with Crippen LogP contribution in [-0.4, -0.2) is 5.54 Å². The van der Waals surface area contributed by atoms with Gasteiger partial charge < -0.3 is 5.32 Å². The molecule has 0 spiro atoms. The number of allylic oxidation sites excluding steroid dienone is 1. The van der Waals surface area contributed by atoms with Gasteiger partial charge in [0.15, 0.2) is 0 Å². The van der Waals surface area contributed by atoms with Crippen LogP contribution in [0.2, 0.25) is 0 Å². The summed E-state index contributed by atoms with van der Waals surface area (Å²) in [5, 5.41) is 3.77. The summed E-state index contributed by atoms with van der Waals surface area (Å²) in [6, 6.07) is 21.4. The number of hydrogen-bond donors (Lipinski definition) is 1. The quantitative estimate of drug-likeness (QED) is 0.842. The van der Waals surface area contributed by atoms with E-state index in [9.17, 15) is 0 Å². The lowest BCUT2D eigenvalue weighted by Crippen LogP contribution is -2.32. The summed E-state index contributed by atoms with van der Waals surface area (Å²) >= 11 is 0. The van der Waals surface area contributed by atoms with Crippen molar-refractivity contribution < 1.29 is 0 Å². The molecule has 1 aliphatic rings. The van der Waals surface area contributed by atoms with Gasteiger partial charge in [0.05, 0.1) is 0 Å². The first-order valence-electron chi connectivity index (χ1n) is 7.35. The minimum absolute atomic E-state index is 0.186. The Labute approximate surface area is 121 Å². The average molecular weight is 263 g/mol. The second-order valence-corrected chi connectivity index (χ2v) is 5.49. The van der Waals surface area contributed by atoms with Crippen molar-refractivity contribution in [2.24, 2.45) is 0 Å². The van der Waals surface area contributed by atoms with Crippen molar-refractivity contribution in [3.63, 3.8) is 0 Å². The Bertz CT molecular complexity index is 580. The number of benzene rings is 2. The maximum absolute atomic E-state index is 3.77. The van der Waals surface area contributed by atoms with Crippen LogP contribution in [0, 0.1) is 0 Å². The van der Waals surface area contributed by atoms with Crippen LogP contribution < -0.4 is 5.32 Å². The first-order chi connectivity index (χ1) is 9.84. The standard InChI is InChI=1S/C19H21N/c1-2-18(17-11-7-4-8-12-17)19(13-14-19)20-15-16-9-5-3-6-10-16/h2-12,20H,13-15H2,1H3/b18-2+. The van der Waals surface area contributed by atoms with Gasteiger partial charge in [-0.1, -0.05) is 66.7 Å². The molecule has 1 N–H and O–H groups in total. The molecule has 1 heteroatoms. The van der Waals surface area contributed by atoms with E-state index in [1.165, 1.54) is 29.5 Å². The highest BCUT2D eigenvalue weighted by Crippen LogP contribution is 2.46. The highest BCUT2D eigenvalue weighted by Gasteiger charge is 2.45. The summed E-state index contributed by atoms with van der Waals surface area (Å²) in [4.78, 5) is 0. The van der Waals surface area contributed by atoms with E-state index in [-0.39, 0.29) is 5.54 Å². The monoisotopic (exact) mass is 263 g/mol. The summed E-state index contributed by atoms with van der Waals surface area (Å²) in [5.41, 5.74) is 4.32. The predicted molar refractivity (Wildman–Crippen MR) is 85.3 cm³/mol. The zero-order chi connectivity index (χ0) is 13.8. The molecule has 0 saturated heterocycles. The summed E-state index contributed by atoms with van der Waals surface area (Å²) in [6.45, 7) is 3.08. The molecular formula is C19H21N. The predicted octanol–water partition coefficient (Wildman–Crippen LogP) is 4.41. The second kappa shape index (κ2) is 5.64. The Morgan fingerprint density at radius 2 is 1.60 bits per heavy atom. The van der Waals surface area contributed by atoms with Crippen LogP contribution in [0.4, 0.5) is 0 Å². The molecule has 3 rings (SSSR count). The van der Waals surface area contributed by atoms with E-state index in [0.717, 1.165) is 6.54 Å². The normalized spacial score (nSPS) is 16.9. The van der Waals surface area contributed by atoms with E-state index in [2.05, 4.69) is 79.0 Å². The molecular weight excluding hydrogens is 242 g/mol. The Morgan fingerprint density at radius 1 is 1.00 bits per heavy atom. The lowest BCUT2D eigenvalue weighted by molar-refractivity contribution is 0.599. The first-order valence-corrected chi connectivity index (χ1v) is 7.35. The minimum atomic E-state index is 0.186. The summed E-state index contributed by atoms with van der Waals surface area (Å²) < 4.78 is 0. The topological polar surface area (TPSA) is 12.0 Å². The van der Waals surface area contributed by atoms with Gasteiger partial charge in [-0.3, -0.25) is 0 Å². The molecule has 2 aromatic carbocycles. The van der Waals surface area contributed by atoms with Crippen molar-refractivity contribution in [1.82, 2.24) is 5.32 Å². The number of rotatable bonds is 5. The Morgan fingerprint density at radius 3 is 2.15 bits per heavy atom. The molecule has 0 amide bonds. The van der Waals surface area contributed by atoms with Crippen molar-refractivity contribution in [2.45, 2.75) is 31.8 Å². The van der Waals surface area contributed by atoms with E-state index in [1.54, 1.807) is 0 Å². The molecule has 0 aromatic heterocycles. The van der Waals surface area contributed by atoms with Crippen molar-refractivity contribution in [1.29, 1.82) is 0 Å². The summed E-state index contributed by atoms with van der Waals surface area (Å²) in [7, 11) is 0.